The molecule has 0 atom stereocenters. The average Bonchev–Trinajstić information content (AvgIpc) is 2.55. The molecule has 1 heterocycles. The number of nitro benzene ring substituents is 1. The van der Waals surface area contributed by atoms with E-state index in [1.807, 2.05) is 13.8 Å². The van der Waals surface area contributed by atoms with Gasteiger partial charge in [-0.1, -0.05) is 0 Å². The van der Waals surface area contributed by atoms with Crippen LogP contribution in [0.15, 0.2) is 36.5 Å². The van der Waals surface area contributed by atoms with Crippen molar-refractivity contribution in [2.24, 2.45) is 0 Å². The summed E-state index contributed by atoms with van der Waals surface area (Å²) < 4.78 is 0. The van der Waals surface area contributed by atoms with Gasteiger partial charge in [0.05, 0.1) is 16.2 Å². The van der Waals surface area contributed by atoms with Gasteiger partial charge in [0.25, 0.3) is 5.69 Å². The van der Waals surface area contributed by atoms with Crippen LogP contribution in [-0.4, -0.2) is 29.3 Å². The Balaban J connectivity index is 2.61. The van der Waals surface area contributed by atoms with Crippen LogP contribution < -0.4 is 4.90 Å². The Kier molecular flexibility index (Phi) is 4.83. The molecule has 0 unspecified atom stereocenters. The van der Waals surface area contributed by atoms with Gasteiger partial charge < -0.3 is 4.90 Å². The lowest BCUT2D eigenvalue weighted by molar-refractivity contribution is -0.384. The summed E-state index contributed by atoms with van der Waals surface area (Å²) in [5.41, 5.74) is 2.14. The van der Waals surface area contributed by atoms with Crippen molar-refractivity contribution in [3.8, 4) is 11.3 Å². The summed E-state index contributed by atoms with van der Waals surface area (Å²) in [4.78, 5) is 28.0. The molecule has 114 valence electrons. The quantitative estimate of drug-likeness (QED) is 0.464. The highest BCUT2D eigenvalue weighted by molar-refractivity contribution is 5.81. The van der Waals surface area contributed by atoms with Gasteiger partial charge in [-0.2, -0.15) is 0 Å². The number of pyridine rings is 1. The number of hydrogen-bond donors (Lipinski definition) is 0. The van der Waals surface area contributed by atoms with Gasteiger partial charge in [-0.25, -0.2) is 0 Å². The first-order valence-electron chi connectivity index (χ1n) is 7.05. The Labute approximate surface area is 128 Å². The van der Waals surface area contributed by atoms with Crippen LogP contribution in [0.5, 0.6) is 0 Å². The second-order valence-corrected chi connectivity index (χ2v) is 4.72. The SMILES string of the molecule is CCN(CC)c1ccc([N+](=O)[O-])c(-c2cc(C=O)ccn2)c1. The second-order valence-electron chi connectivity index (χ2n) is 4.72. The number of aldehydes is 1. The third-order valence-corrected chi connectivity index (χ3v) is 3.50. The molecule has 0 aliphatic rings. The number of rotatable bonds is 6. The molecule has 0 N–H and O–H groups in total. The third-order valence-electron chi connectivity index (χ3n) is 3.50. The molecular weight excluding hydrogens is 282 g/mol. The van der Waals surface area contributed by atoms with Crippen molar-refractivity contribution >= 4 is 17.7 Å². The summed E-state index contributed by atoms with van der Waals surface area (Å²) >= 11 is 0. The molecule has 6 nitrogen and oxygen atoms in total. The predicted octanol–water partition coefficient (Wildman–Crippen LogP) is 3.32. The fraction of sp³-hybridized carbons (Fsp3) is 0.250. The molecule has 22 heavy (non-hydrogen) atoms. The number of carbonyl (C=O) groups is 1. The van der Waals surface area contributed by atoms with Crippen LogP contribution >= 0.6 is 0 Å². The van der Waals surface area contributed by atoms with Crippen LogP contribution in [0.3, 0.4) is 0 Å². The standard InChI is InChI=1S/C16H17N3O3/c1-3-18(4-2)13-5-6-16(19(21)22)14(10-13)15-9-12(11-20)7-8-17-15/h5-11H,3-4H2,1-2H3. The van der Waals surface area contributed by atoms with E-state index in [2.05, 4.69) is 9.88 Å². The monoisotopic (exact) mass is 299 g/mol. The maximum absolute atomic E-state index is 11.3. The van der Waals surface area contributed by atoms with Crippen molar-refractivity contribution in [3.63, 3.8) is 0 Å². The van der Waals surface area contributed by atoms with Crippen LogP contribution in [0.1, 0.15) is 24.2 Å². The number of carbonyl (C=O) groups excluding carboxylic acids is 1. The number of benzene rings is 1. The first-order valence-corrected chi connectivity index (χ1v) is 7.05. The molecule has 0 amide bonds. The molecule has 0 spiro atoms. The molecule has 2 aromatic rings. The van der Waals surface area contributed by atoms with Gasteiger partial charge in [0.15, 0.2) is 0 Å². The fourth-order valence-electron chi connectivity index (χ4n) is 2.34. The number of anilines is 1. The van der Waals surface area contributed by atoms with E-state index in [9.17, 15) is 14.9 Å². The van der Waals surface area contributed by atoms with E-state index in [1.54, 1.807) is 24.3 Å². The summed E-state index contributed by atoms with van der Waals surface area (Å²) in [5.74, 6) is 0. The Morgan fingerprint density at radius 3 is 2.55 bits per heavy atom. The Hall–Kier alpha value is -2.76. The van der Waals surface area contributed by atoms with Gasteiger partial charge in [-0.15, -0.1) is 0 Å². The normalized spacial score (nSPS) is 10.3. The van der Waals surface area contributed by atoms with Crippen LogP contribution in [0.4, 0.5) is 11.4 Å². The van der Waals surface area contributed by atoms with Gasteiger partial charge in [-0.3, -0.25) is 19.9 Å². The molecule has 0 saturated heterocycles. The highest BCUT2D eigenvalue weighted by Crippen LogP contribution is 2.32. The zero-order valence-electron chi connectivity index (χ0n) is 12.5. The first kappa shape index (κ1) is 15.6. The molecular formula is C16H17N3O3. The minimum Gasteiger partial charge on any atom is -0.372 e. The minimum absolute atomic E-state index is 0.0218. The lowest BCUT2D eigenvalue weighted by Crippen LogP contribution is -2.21. The highest BCUT2D eigenvalue weighted by Gasteiger charge is 2.18. The van der Waals surface area contributed by atoms with Gasteiger partial charge >= 0.3 is 0 Å². The third kappa shape index (κ3) is 3.11. The van der Waals surface area contributed by atoms with Gasteiger partial charge in [0, 0.05) is 36.6 Å². The number of hydrogen-bond acceptors (Lipinski definition) is 5. The minimum atomic E-state index is -0.434. The maximum atomic E-state index is 11.3. The van der Waals surface area contributed by atoms with E-state index in [0.29, 0.717) is 23.1 Å². The second kappa shape index (κ2) is 6.80. The smallest absolute Gasteiger partial charge is 0.278 e. The molecule has 1 aromatic heterocycles. The van der Waals surface area contributed by atoms with Crippen LogP contribution in [0.2, 0.25) is 0 Å². The van der Waals surface area contributed by atoms with Gasteiger partial charge in [-0.05, 0) is 38.1 Å². The van der Waals surface area contributed by atoms with Crippen molar-refractivity contribution in [2.45, 2.75) is 13.8 Å². The first-order chi connectivity index (χ1) is 10.6. The molecule has 2 rings (SSSR count). The summed E-state index contributed by atoms with van der Waals surface area (Å²) in [6.45, 7) is 5.65. The van der Waals surface area contributed by atoms with Crippen LogP contribution in [0, 0.1) is 10.1 Å². The van der Waals surface area contributed by atoms with Crippen molar-refractivity contribution in [1.82, 2.24) is 4.98 Å². The molecule has 1 aromatic carbocycles. The summed E-state index contributed by atoms with van der Waals surface area (Å²) in [6.07, 6.45) is 2.18. The van der Waals surface area contributed by atoms with Crippen molar-refractivity contribution in [2.75, 3.05) is 18.0 Å². The van der Waals surface area contributed by atoms with E-state index in [1.165, 1.54) is 12.3 Å². The van der Waals surface area contributed by atoms with Crippen LogP contribution in [0.25, 0.3) is 11.3 Å². The van der Waals surface area contributed by atoms with Crippen molar-refractivity contribution in [1.29, 1.82) is 0 Å². The lowest BCUT2D eigenvalue weighted by Gasteiger charge is -2.21. The zero-order valence-corrected chi connectivity index (χ0v) is 12.5. The number of nitrogens with zero attached hydrogens (tertiary/aromatic N) is 3. The molecule has 0 aliphatic heterocycles. The van der Waals surface area contributed by atoms with Gasteiger partial charge in [0.2, 0.25) is 0 Å². The Bertz CT molecular complexity index is 697. The largest absolute Gasteiger partial charge is 0.372 e. The molecule has 0 aliphatic carbocycles. The van der Waals surface area contributed by atoms with E-state index < -0.39 is 4.92 Å². The topological polar surface area (TPSA) is 76.3 Å². The fourth-order valence-corrected chi connectivity index (χ4v) is 2.34. The lowest BCUT2D eigenvalue weighted by atomic mass is 10.1. The number of nitro groups is 1. The highest BCUT2D eigenvalue weighted by atomic mass is 16.6. The van der Waals surface area contributed by atoms with Crippen molar-refractivity contribution in [3.05, 3.63) is 52.2 Å². The summed E-state index contributed by atoms with van der Waals surface area (Å²) in [7, 11) is 0. The van der Waals surface area contributed by atoms with E-state index >= 15 is 0 Å². The summed E-state index contributed by atoms with van der Waals surface area (Å²) in [6, 6.07) is 8.09. The van der Waals surface area contributed by atoms with E-state index in [4.69, 9.17) is 0 Å². The zero-order chi connectivity index (χ0) is 16.1. The Morgan fingerprint density at radius 1 is 1.23 bits per heavy atom. The molecule has 0 saturated carbocycles. The Morgan fingerprint density at radius 2 is 1.95 bits per heavy atom. The van der Waals surface area contributed by atoms with Gasteiger partial charge in [0.1, 0.15) is 6.29 Å². The molecule has 0 fully saturated rings. The maximum Gasteiger partial charge on any atom is 0.278 e. The van der Waals surface area contributed by atoms with E-state index in [0.717, 1.165) is 18.8 Å². The predicted molar refractivity (Wildman–Crippen MR) is 85.3 cm³/mol. The molecule has 0 radical (unpaired) electrons. The van der Waals surface area contributed by atoms with Crippen molar-refractivity contribution < 1.29 is 9.72 Å². The molecule has 6 heteroatoms. The van der Waals surface area contributed by atoms with Crippen LogP contribution in [-0.2, 0) is 0 Å². The number of aromatic nitrogens is 1. The average molecular weight is 299 g/mol. The summed E-state index contributed by atoms with van der Waals surface area (Å²) in [5, 5.41) is 11.3. The van der Waals surface area contributed by atoms with E-state index in [-0.39, 0.29) is 5.69 Å². The molecule has 0 bridgehead atoms.